The Kier molecular flexibility index (Phi) is 4.08. The summed E-state index contributed by atoms with van der Waals surface area (Å²) in [5.41, 5.74) is 5.67. The molecule has 0 aromatic heterocycles. The fourth-order valence-corrected chi connectivity index (χ4v) is 2.56. The van der Waals surface area contributed by atoms with Crippen LogP contribution in [0.4, 0.5) is 5.69 Å². The molecule has 1 fully saturated rings. The third kappa shape index (κ3) is 2.88. The Hall–Kier alpha value is -3.08. The van der Waals surface area contributed by atoms with Crippen LogP contribution in [0.1, 0.15) is 23.6 Å². The van der Waals surface area contributed by atoms with E-state index in [-0.39, 0.29) is 11.3 Å². The van der Waals surface area contributed by atoms with Crippen molar-refractivity contribution in [2.45, 2.75) is 20.3 Å². The fourth-order valence-electron chi connectivity index (χ4n) is 2.56. The highest BCUT2D eigenvalue weighted by atomic mass is 16.3. The van der Waals surface area contributed by atoms with Crippen molar-refractivity contribution in [2.24, 2.45) is 0 Å². The highest BCUT2D eigenvalue weighted by Gasteiger charge is 2.34. The summed E-state index contributed by atoms with van der Waals surface area (Å²) < 4.78 is 0. The SMILES string of the molecule is CCc1ccc(N2NC(=O)/C(=C/c3cc(C)ccc3O)C2=O)cc1. The van der Waals surface area contributed by atoms with Crippen LogP contribution in [0.5, 0.6) is 5.75 Å². The van der Waals surface area contributed by atoms with Gasteiger partial charge in [0.05, 0.1) is 5.69 Å². The first-order valence-corrected chi connectivity index (χ1v) is 7.75. The van der Waals surface area contributed by atoms with Crippen molar-refractivity contribution in [3.63, 3.8) is 0 Å². The quantitative estimate of drug-likeness (QED) is 0.674. The van der Waals surface area contributed by atoms with E-state index in [0.717, 1.165) is 17.5 Å². The second-order valence-corrected chi connectivity index (χ2v) is 5.72. The largest absolute Gasteiger partial charge is 0.507 e. The summed E-state index contributed by atoms with van der Waals surface area (Å²) in [7, 11) is 0. The maximum atomic E-state index is 12.6. The number of anilines is 1. The van der Waals surface area contributed by atoms with Gasteiger partial charge in [-0.25, -0.2) is 5.01 Å². The van der Waals surface area contributed by atoms with Crippen molar-refractivity contribution in [1.29, 1.82) is 0 Å². The minimum atomic E-state index is -0.486. The van der Waals surface area contributed by atoms with E-state index in [1.54, 1.807) is 30.3 Å². The number of amides is 2. The van der Waals surface area contributed by atoms with Crippen LogP contribution in [0.3, 0.4) is 0 Å². The summed E-state index contributed by atoms with van der Waals surface area (Å²) in [6, 6.07) is 12.5. The Balaban J connectivity index is 1.93. The molecular weight excluding hydrogens is 304 g/mol. The van der Waals surface area contributed by atoms with Crippen LogP contribution in [0.25, 0.3) is 6.08 Å². The molecule has 1 heterocycles. The number of hydrogen-bond acceptors (Lipinski definition) is 3. The maximum absolute atomic E-state index is 12.6. The third-order valence-electron chi connectivity index (χ3n) is 3.98. The molecule has 1 aliphatic rings. The number of carbonyl (C=O) groups is 2. The van der Waals surface area contributed by atoms with Gasteiger partial charge in [0.25, 0.3) is 11.8 Å². The van der Waals surface area contributed by atoms with Gasteiger partial charge in [0.15, 0.2) is 0 Å². The number of benzene rings is 2. The molecule has 2 aromatic carbocycles. The summed E-state index contributed by atoms with van der Waals surface area (Å²) >= 11 is 0. The number of carbonyl (C=O) groups excluding carboxylic acids is 2. The summed E-state index contributed by atoms with van der Waals surface area (Å²) in [6.45, 7) is 3.92. The number of hydrazine groups is 1. The highest BCUT2D eigenvalue weighted by molar-refractivity contribution is 6.31. The lowest BCUT2D eigenvalue weighted by Crippen LogP contribution is -2.35. The van der Waals surface area contributed by atoms with Gasteiger partial charge in [0.2, 0.25) is 0 Å². The van der Waals surface area contributed by atoms with E-state index in [4.69, 9.17) is 0 Å². The topological polar surface area (TPSA) is 69.6 Å². The molecule has 0 aliphatic carbocycles. The Morgan fingerprint density at radius 3 is 2.50 bits per heavy atom. The molecule has 1 saturated heterocycles. The molecule has 2 N–H and O–H groups in total. The van der Waals surface area contributed by atoms with Gasteiger partial charge in [-0.2, -0.15) is 0 Å². The van der Waals surface area contributed by atoms with Crippen LogP contribution in [-0.2, 0) is 16.0 Å². The molecular formula is C19H18N2O3. The first-order valence-electron chi connectivity index (χ1n) is 7.75. The van der Waals surface area contributed by atoms with Crippen LogP contribution in [0.2, 0.25) is 0 Å². The summed E-state index contributed by atoms with van der Waals surface area (Å²) in [6.07, 6.45) is 2.32. The van der Waals surface area contributed by atoms with E-state index in [2.05, 4.69) is 5.43 Å². The molecule has 5 nitrogen and oxygen atoms in total. The number of nitrogens with zero attached hydrogens (tertiary/aromatic N) is 1. The number of phenolic OH excluding ortho intramolecular Hbond substituents is 1. The van der Waals surface area contributed by atoms with Crippen molar-refractivity contribution in [3.05, 3.63) is 64.7 Å². The molecule has 1 aliphatic heterocycles. The van der Waals surface area contributed by atoms with E-state index in [1.807, 2.05) is 26.0 Å². The Labute approximate surface area is 140 Å². The fraction of sp³-hybridized carbons (Fsp3) is 0.158. The Morgan fingerprint density at radius 1 is 1.12 bits per heavy atom. The number of aromatic hydroxyl groups is 1. The van der Waals surface area contributed by atoms with Crippen LogP contribution < -0.4 is 10.4 Å². The van der Waals surface area contributed by atoms with Crippen molar-refractivity contribution >= 4 is 23.6 Å². The lowest BCUT2D eigenvalue weighted by molar-refractivity contribution is -0.117. The molecule has 122 valence electrons. The van der Waals surface area contributed by atoms with E-state index in [1.165, 1.54) is 11.1 Å². The predicted octanol–water partition coefficient (Wildman–Crippen LogP) is 2.72. The predicted molar refractivity (Wildman–Crippen MR) is 92.3 cm³/mol. The molecule has 0 saturated carbocycles. The average molecular weight is 322 g/mol. The molecule has 0 bridgehead atoms. The number of rotatable bonds is 3. The second kappa shape index (κ2) is 6.20. The zero-order valence-electron chi connectivity index (χ0n) is 13.5. The van der Waals surface area contributed by atoms with Gasteiger partial charge in [-0.05, 0) is 49.2 Å². The number of phenols is 1. The summed E-state index contributed by atoms with van der Waals surface area (Å²) in [5.74, 6) is -0.898. The monoisotopic (exact) mass is 322 g/mol. The lowest BCUT2D eigenvalue weighted by atomic mass is 10.1. The van der Waals surface area contributed by atoms with E-state index < -0.39 is 11.8 Å². The zero-order valence-corrected chi connectivity index (χ0v) is 13.5. The van der Waals surface area contributed by atoms with Crippen molar-refractivity contribution in [1.82, 2.24) is 5.43 Å². The summed E-state index contributed by atoms with van der Waals surface area (Å²) in [5, 5.41) is 11.1. The van der Waals surface area contributed by atoms with Gasteiger partial charge >= 0.3 is 0 Å². The summed E-state index contributed by atoms with van der Waals surface area (Å²) in [4.78, 5) is 24.7. The molecule has 3 rings (SSSR count). The van der Waals surface area contributed by atoms with Gasteiger partial charge in [-0.1, -0.05) is 30.7 Å². The lowest BCUT2D eigenvalue weighted by Gasteiger charge is -2.14. The molecule has 0 atom stereocenters. The molecule has 2 aromatic rings. The van der Waals surface area contributed by atoms with Crippen LogP contribution in [0.15, 0.2) is 48.0 Å². The van der Waals surface area contributed by atoms with Crippen LogP contribution in [-0.4, -0.2) is 16.9 Å². The normalized spacial score (nSPS) is 15.9. The number of aryl methyl sites for hydroxylation is 2. The van der Waals surface area contributed by atoms with Crippen molar-refractivity contribution < 1.29 is 14.7 Å². The average Bonchev–Trinajstić information content (AvgIpc) is 2.86. The van der Waals surface area contributed by atoms with E-state index in [0.29, 0.717) is 11.3 Å². The second-order valence-electron chi connectivity index (χ2n) is 5.72. The number of nitrogens with one attached hydrogen (secondary N) is 1. The van der Waals surface area contributed by atoms with Crippen LogP contribution >= 0.6 is 0 Å². The molecule has 0 unspecified atom stereocenters. The standard InChI is InChI=1S/C19H18N2O3/c1-3-13-5-7-15(8-6-13)21-19(24)16(18(23)20-21)11-14-10-12(2)4-9-17(14)22/h4-11,22H,3H2,1-2H3,(H,20,23)/b16-11-. The van der Waals surface area contributed by atoms with E-state index in [9.17, 15) is 14.7 Å². The minimum Gasteiger partial charge on any atom is -0.507 e. The molecule has 0 spiro atoms. The highest BCUT2D eigenvalue weighted by Crippen LogP contribution is 2.25. The van der Waals surface area contributed by atoms with Crippen LogP contribution in [0, 0.1) is 6.92 Å². The minimum absolute atomic E-state index is 0.00420. The van der Waals surface area contributed by atoms with Crippen molar-refractivity contribution in [2.75, 3.05) is 5.01 Å². The third-order valence-corrected chi connectivity index (χ3v) is 3.98. The first kappa shape index (κ1) is 15.8. The van der Waals surface area contributed by atoms with Gasteiger partial charge in [0.1, 0.15) is 11.3 Å². The van der Waals surface area contributed by atoms with Gasteiger partial charge in [0, 0.05) is 5.56 Å². The van der Waals surface area contributed by atoms with E-state index >= 15 is 0 Å². The molecule has 24 heavy (non-hydrogen) atoms. The maximum Gasteiger partial charge on any atom is 0.282 e. The van der Waals surface area contributed by atoms with Gasteiger partial charge in [-0.3, -0.25) is 15.0 Å². The van der Waals surface area contributed by atoms with Gasteiger partial charge < -0.3 is 5.11 Å². The smallest absolute Gasteiger partial charge is 0.282 e. The van der Waals surface area contributed by atoms with Crippen molar-refractivity contribution in [3.8, 4) is 5.75 Å². The molecule has 0 radical (unpaired) electrons. The number of hydrogen-bond donors (Lipinski definition) is 2. The Bertz CT molecular complexity index is 838. The molecule has 5 heteroatoms. The van der Waals surface area contributed by atoms with Gasteiger partial charge in [-0.15, -0.1) is 0 Å². The zero-order chi connectivity index (χ0) is 17.3. The Morgan fingerprint density at radius 2 is 1.83 bits per heavy atom. The first-order chi connectivity index (χ1) is 11.5. The molecule has 2 amide bonds.